The minimum atomic E-state index is -1.83. The van der Waals surface area contributed by atoms with Crippen LogP contribution in [0.15, 0.2) is 84.0 Å². The van der Waals surface area contributed by atoms with Crippen molar-refractivity contribution in [2.75, 3.05) is 0 Å². The molecule has 152 valence electrons. The van der Waals surface area contributed by atoms with E-state index in [1.54, 1.807) is 60.7 Å². The monoisotopic (exact) mass is 388 g/mol. The van der Waals surface area contributed by atoms with E-state index in [9.17, 15) is 4.79 Å². The number of phenols is 2. The average Bonchev–Trinajstić information content (AvgIpc) is 2.55. The van der Waals surface area contributed by atoms with Gasteiger partial charge in [-0.15, -0.1) is 0 Å². The first-order valence-electron chi connectivity index (χ1n) is 8.28. The van der Waals surface area contributed by atoms with Crippen LogP contribution in [0.5, 0.6) is 11.5 Å². The molecule has 2 aromatic carbocycles. The van der Waals surface area contributed by atoms with Gasteiger partial charge in [-0.2, -0.15) is 0 Å². The van der Waals surface area contributed by atoms with Crippen molar-refractivity contribution in [1.29, 1.82) is 0 Å². The second-order valence-corrected chi connectivity index (χ2v) is 5.80. The third kappa shape index (κ3) is 24.7. The number of phenolic OH excluding ortho intramolecular Hbond substituents is 2. The summed E-state index contributed by atoms with van der Waals surface area (Å²) in [6.45, 7) is 7.65. The highest BCUT2D eigenvalue weighted by Crippen LogP contribution is 2.03. The van der Waals surface area contributed by atoms with Gasteiger partial charge in [0.2, 0.25) is 0 Å². The number of ketones is 1. The van der Waals surface area contributed by atoms with E-state index in [4.69, 9.17) is 25.2 Å². The molecule has 2 rings (SSSR count). The Hall–Kier alpha value is -3.54. The topological polar surface area (TPSA) is 115 Å². The van der Waals surface area contributed by atoms with Crippen molar-refractivity contribution in [2.45, 2.75) is 27.7 Å². The number of hydrogen-bond acceptors (Lipinski definition) is 4. The van der Waals surface area contributed by atoms with Crippen LogP contribution in [0.2, 0.25) is 0 Å². The highest BCUT2D eigenvalue weighted by atomic mass is 16.6. The molecule has 6 nitrogen and oxygen atoms in total. The van der Waals surface area contributed by atoms with Crippen LogP contribution in [0.3, 0.4) is 0 Å². The summed E-state index contributed by atoms with van der Waals surface area (Å²) in [6, 6.07) is 17.4. The lowest BCUT2D eigenvalue weighted by atomic mass is 10.2. The molecule has 0 amide bonds. The van der Waals surface area contributed by atoms with Crippen LogP contribution < -0.4 is 0 Å². The minimum Gasteiger partial charge on any atom is -0.508 e. The summed E-state index contributed by atoms with van der Waals surface area (Å²) in [5.41, 5.74) is 2.09. The summed E-state index contributed by atoms with van der Waals surface area (Å²) in [4.78, 5) is 19.5. The molecule has 0 fully saturated rings. The normalized spacial score (nSPS) is 8.14. The van der Waals surface area contributed by atoms with E-state index in [0.29, 0.717) is 11.5 Å². The van der Waals surface area contributed by atoms with Gasteiger partial charge in [-0.05, 0) is 64.1 Å². The van der Waals surface area contributed by atoms with Crippen LogP contribution in [0, 0.1) is 0 Å². The summed E-state index contributed by atoms with van der Waals surface area (Å²) in [6.07, 6.45) is 1.43. The lowest BCUT2D eigenvalue weighted by Gasteiger charge is -1.87. The van der Waals surface area contributed by atoms with Gasteiger partial charge in [0.25, 0.3) is 0 Å². The fraction of sp³-hybridized carbons (Fsp3) is 0.182. The van der Waals surface area contributed by atoms with E-state index >= 15 is 0 Å². The van der Waals surface area contributed by atoms with Gasteiger partial charge in [0.15, 0.2) is 5.78 Å². The molecule has 0 saturated carbocycles. The number of hydrogen-bond donors (Lipinski definition) is 4. The standard InChI is InChI=1S/C9H14O.2C6H6O.CH2O3/c1-7(2)5-9(10)6-8(3)4;2*7-6-4-2-1-3-5-6;2-1(3)4/h5-6H,1-4H3;2*1-5,7H;(H2,2,3,4). The molecular formula is C22H28O6. The first-order chi connectivity index (χ1) is 13.0. The lowest BCUT2D eigenvalue weighted by molar-refractivity contribution is -0.110. The Bertz CT molecular complexity index is 665. The molecule has 0 unspecified atom stereocenters. The molecular weight excluding hydrogens is 360 g/mol. The third-order valence-corrected chi connectivity index (χ3v) is 2.37. The molecule has 28 heavy (non-hydrogen) atoms. The van der Waals surface area contributed by atoms with E-state index < -0.39 is 6.16 Å². The Kier molecular flexibility index (Phi) is 16.1. The minimum absolute atomic E-state index is 0.0833. The third-order valence-electron chi connectivity index (χ3n) is 2.37. The Morgan fingerprint density at radius 3 is 1.04 bits per heavy atom. The van der Waals surface area contributed by atoms with Gasteiger partial charge in [-0.1, -0.05) is 47.5 Å². The quantitative estimate of drug-likeness (QED) is 0.505. The van der Waals surface area contributed by atoms with Crippen LogP contribution >= 0.6 is 0 Å². The Balaban J connectivity index is 0. The molecule has 0 bridgehead atoms. The average molecular weight is 388 g/mol. The summed E-state index contributed by atoms with van der Waals surface area (Å²) in [5, 5.41) is 31.2. The van der Waals surface area contributed by atoms with Crippen LogP contribution in [0.4, 0.5) is 4.79 Å². The number of aromatic hydroxyl groups is 2. The zero-order valence-electron chi connectivity index (χ0n) is 16.5. The molecule has 0 spiro atoms. The van der Waals surface area contributed by atoms with Gasteiger partial charge in [-0.3, -0.25) is 4.79 Å². The highest BCUT2D eigenvalue weighted by Gasteiger charge is 1.89. The van der Waals surface area contributed by atoms with Crippen molar-refractivity contribution in [3.63, 3.8) is 0 Å². The smallest absolute Gasteiger partial charge is 0.503 e. The van der Waals surface area contributed by atoms with Gasteiger partial charge in [0, 0.05) is 0 Å². The molecule has 0 aromatic heterocycles. The number of carbonyl (C=O) groups excluding carboxylic acids is 1. The maximum Gasteiger partial charge on any atom is 0.503 e. The van der Waals surface area contributed by atoms with Crippen molar-refractivity contribution >= 4 is 11.9 Å². The van der Waals surface area contributed by atoms with Crippen LogP contribution in [0.25, 0.3) is 0 Å². The van der Waals surface area contributed by atoms with Crippen LogP contribution in [-0.2, 0) is 4.79 Å². The van der Waals surface area contributed by atoms with Gasteiger partial charge < -0.3 is 20.4 Å². The molecule has 0 aliphatic rings. The zero-order chi connectivity index (χ0) is 21.9. The molecule has 0 heterocycles. The SMILES string of the molecule is CC(C)=CC(=O)C=C(C)C.O=C(O)O.Oc1ccccc1.Oc1ccccc1. The van der Waals surface area contributed by atoms with Crippen molar-refractivity contribution in [3.05, 3.63) is 84.0 Å². The first kappa shape index (κ1) is 26.7. The van der Waals surface area contributed by atoms with E-state index in [2.05, 4.69) is 0 Å². The largest absolute Gasteiger partial charge is 0.508 e. The Labute approximate surface area is 165 Å². The molecule has 0 atom stereocenters. The van der Waals surface area contributed by atoms with Crippen molar-refractivity contribution in [2.24, 2.45) is 0 Å². The number of carbonyl (C=O) groups is 2. The fourth-order valence-corrected chi connectivity index (χ4v) is 1.47. The maximum absolute atomic E-state index is 10.9. The van der Waals surface area contributed by atoms with E-state index in [1.807, 2.05) is 39.8 Å². The van der Waals surface area contributed by atoms with E-state index in [1.165, 1.54) is 0 Å². The Morgan fingerprint density at radius 1 is 0.643 bits per heavy atom. The zero-order valence-corrected chi connectivity index (χ0v) is 16.5. The molecule has 0 radical (unpaired) electrons. The number of carboxylic acid groups (broad SMARTS) is 2. The second kappa shape index (κ2) is 16.9. The molecule has 2 aromatic rings. The van der Waals surface area contributed by atoms with Gasteiger partial charge in [-0.25, -0.2) is 4.79 Å². The molecule has 0 saturated heterocycles. The molecule has 6 heteroatoms. The number of benzene rings is 2. The molecule has 4 N–H and O–H groups in total. The van der Waals surface area contributed by atoms with Crippen molar-refractivity contribution in [1.82, 2.24) is 0 Å². The summed E-state index contributed by atoms with van der Waals surface area (Å²) in [7, 11) is 0. The second-order valence-electron chi connectivity index (χ2n) is 5.80. The number of para-hydroxylation sites is 2. The van der Waals surface area contributed by atoms with Crippen LogP contribution in [-0.4, -0.2) is 32.4 Å². The summed E-state index contributed by atoms with van der Waals surface area (Å²) < 4.78 is 0. The predicted octanol–water partition coefficient (Wildman–Crippen LogP) is 5.49. The summed E-state index contributed by atoms with van der Waals surface area (Å²) in [5.74, 6) is 0.727. The summed E-state index contributed by atoms with van der Waals surface area (Å²) >= 11 is 0. The van der Waals surface area contributed by atoms with Gasteiger partial charge in [0.05, 0.1) is 0 Å². The van der Waals surface area contributed by atoms with Gasteiger partial charge in [0.1, 0.15) is 11.5 Å². The number of rotatable bonds is 2. The van der Waals surface area contributed by atoms with E-state index in [0.717, 1.165) is 11.1 Å². The lowest BCUT2D eigenvalue weighted by Crippen LogP contribution is -1.87. The number of allylic oxidation sites excluding steroid dienone is 4. The fourth-order valence-electron chi connectivity index (χ4n) is 1.47. The van der Waals surface area contributed by atoms with E-state index in [-0.39, 0.29) is 5.78 Å². The van der Waals surface area contributed by atoms with Crippen LogP contribution in [0.1, 0.15) is 27.7 Å². The highest BCUT2D eigenvalue weighted by molar-refractivity contribution is 5.99. The first-order valence-corrected chi connectivity index (χ1v) is 8.28. The maximum atomic E-state index is 10.9. The van der Waals surface area contributed by atoms with Crippen molar-refractivity contribution < 1.29 is 30.0 Å². The molecule has 0 aliphatic heterocycles. The van der Waals surface area contributed by atoms with Gasteiger partial charge >= 0.3 is 6.16 Å². The van der Waals surface area contributed by atoms with Crippen molar-refractivity contribution in [3.8, 4) is 11.5 Å². The molecule has 0 aliphatic carbocycles. The predicted molar refractivity (Wildman–Crippen MR) is 111 cm³/mol. The Morgan fingerprint density at radius 2 is 0.893 bits per heavy atom.